The van der Waals surface area contributed by atoms with Crippen LogP contribution in [0.4, 0.5) is 0 Å². The molecule has 0 bridgehead atoms. The van der Waals surface area contributed by atoms with E-state index in [0.717, 1.165) is 45.6 Å². The first-order valence-corrected chi connectivity index (χ1v) is 12.4. The van der Waals surface area contributed by atoms with Gasteiger partial charge in [-0.2, -0.15) is 0 Å². The zero-order chi connectivity index (χ0) is 25.0. The lowest BCUT2D eigenvalue weighted by molar-refractivity contribution is -0.136. The molecule has 6 heteroatoms. The number of allylic oxidation sites excluding steroid dienone is 3. The van der Waals surface area contributed by atoms with Gasteiger partial charge in [0.2, 0.25) is 0 Å². The van der Waals surface area contributed by atoms with Crippen LogP contribution in [0, 0.1) is 0 Å². The maximum atomic E-state index is 13.7. The van der Waals surface area contributed by atoms with Crippen LogP contribution in [0.1, 0.15) is 49.8 Å². The summed E-state index contributed by atoms with van der Waals surface area (Å²) < 4.78 is 13.1. The van der Waals surface area contributed by atoms with E-state index >= 15 is 0 Å². The second kappa shape index (κ2) is 8.55. The average molecular weight is 481 g/mol. The van der Waals surface area contributed by atoms with Gasteiger partial charge in [0.05, 0.1) is 18.9 Å². The number of benzene rings is 2. The van der Waals surface area contributed by atoms with Crippen molar-refractivity contribution < 1.29 is 18.7 Å². The number of hydrogen-bond donors (Lipinski definition) is 1. The van der Waals surface area contributed by atoms with Crippen molar-refractivity contribution in [2.24, 2.45) is 0 Å². The molecule has 2 atom stereocenters. The lowest BCUT2D eigenvalue weighted by Crippen LogP contribution is -2.35. The Morgan fingerprint density at radius 3 is 2.64 bits per heavy atom. The number of esters is 1. The lowest BCUT2D eigenvalue weighted by atomic mass is 9.72. The third-order valence-corrected chi connectivity index (χ3v) is 7.62. The highest BCUT2D eigenvalue weighted by atomic mass is 16.5. The number of aromatic nitrogens is 1. The van der Waals surface area contributed by atoms with Crippen LogP contribution in [0.3, 0.4) is 0 Å². The molecule has 1 aliphatic carbocycles. The number of ether oxygens (including phenoxy) is 1. The number of ketones is 1. The monoisotopic (exact) mass is 480 g/mol. The standard InChI is InChI=1S/C30H28N2O4/c1-4-32-23-9-6-5-8-20(23)21-14-18(11-12-24(21)32)28-27(30(34)35-3)17(2)31-22-15-19(16-25(33)29(22)28)26-10-7-13-36-26/h5-14,19,28,31H,4,15-16H2,1-3H3. The Morgan fingerprint density at radius 1 is 1.08 bits per heavy atom. The minimum atomic E-state index is -0.494. The van der Waals surface area contributed by atoms with Crippen molar-refractivity contribution in [2.75, 3.05) is 7.11 Å². The molecule has 0 saturated heterocycles. The first kappa shape index (κ1) is 22.4. The van der Waals surface area contributed by atoms with Crippen molar-refractivity contribution in [1.82, 2.24) is 9.88 Å². The van der Waals surface area contributed by atoms with Crippen molar-refractivity contribution in [2.45, 2.75) is 45.1 Å². The zero-order valence-corrected chi connectivity index (χ0v) is 20.6. The highest BCUT2D eigenvalue weighted by molar-refractivity contribution is 6.09. The van der Waals surface area contributed by atoms with Crippen LogP contribution in [0.25, 0.3) is 21.8 Å². The predicted octanol–water partition coefficient (Wildman–Crippen LogP) is 5.94. The predicted molar refractivity (Wildman–Crippen MR) is 138 cm³/mol. The number of aryl methyl sites for hydroxylation is 1. The van der Waals surface area contributed by atoms with Gasteiger partial charge >= 0.3 is 5.97 Å². The molecule has 2 aliphatic rings. The van der Waals surface area contributed by atoms with E-state index < -0.39 is 11.9 Å². The van der Waals surface area contributed by atoms with Gasteiger partial charge in [-0.05, 0) is 56.2 Å². The molecule has 0 amide bonds. The first-order chi connectivity index (χ1) is 17.5. The van der Waals surface area contributed by atoms with Gasteiger partial charge < -0.3 is 19.0 Å². The molecule has 1 N–H and O–H groups in total. The molecule has 2 aromatic heterocycles. The lowest BCUT2D eigenvalue weighted by Gasteiger charge is -2.36. The van der Waals surface area contributed by atoms with E-state index in [1.807, 2.05) is 25.1 Å². The molecule has 0 spiro atoms. The first-order valence-electron chi connectivity index (χ1n) is 12.4. The number of methoxy groups -OCH3 is 1. The number of nitrogens with zero attached hydrogens (tertiary/aromatic N) is 1. The van der Waals surface area contributed by atoms with Crippen LogP contribution in [-0.2, 0) is 20.9 Å². The minimum Gasteiger partial charge on any atom is -0.469 e. The van der Waals surface area contributed by atoms with Crippen LogP contribution in [0.15, 0.2) is 87.8 Å². The summed E-state index contributed by atoms with van der Waals surface area (Å²) in [6, 6.07) is 18.4. The number of para-hydroxylation sites is 1. The minimum absolute atomic E-state index is 0.0279. The third-order valence-electron chi connectivity index (χ3n) is 7.62. The number of furan rings is 1. The summed E-state index contributed by atoms with van der Waals surface area (Å²) in [4.78, 5) is 26.7. The molecule has 6 nitrogen and oxygen atoms in total. The largest absolute Gasteiger partial charge is 0.469 e. The van der Waals surface area contributed by atoms with Crippen molar-refractivity contribution in [3.63, 3.8) is 0 Å². The van der Waals surface area contributed by atoms with Crippen LogP contribution < -0.4 is 5.32 Å². The highest BCUT2D eigenvalue weighted by Gasteiger charge is 2.41. The quantitative estimate of drug-likeness (QED) is 0.366. The number of carbonyl (C=O) groups excluding carboxylic acids is 2. The summed E-state index contributed by atoms with van der Waals surface area (Å²) in [7, 11) is 1.39. The maximum absolute atomic E-state index is 13.7. The van der Waals surface area contributed by atoms with Gasteiger partial charge in [-0.3, -0.25) is 4.79 Å². The Morgan fingerprint density at radius 2 is 1.89 bits per heavy atom. The number of carbonyl (C=O) groups is 2. The fraction of sp³-hybridized carbons (Fsp3) is 0.267. The Hall–Kier alpha value is -4.06. The number of fused-ring (bicyclic) bond motifs is 3. The molecule has 0 saturated carbocycles. The van der Waals surface area contributed by atoms with Crippen LogP contribution >= 0.6 is 0 Å². The van der Waals surface area contributed by atoms with Gasteiger partial charge in [0, 0.05) is 63.6 Å². The second-order valence-corrected chi connectivity index (χ2v) is 9.56. The topological polar surface area (TPSA) is 73.5 Å². The normalized spacial score (nSPS) is 20.1. The number of hydrogen-bond acceptors (Lipinski definition) is 5. The summed E-state index contributed by atoms with van der Waals surface area (Å²) in [6.07, 6.45) is 2.63. The maximum Gasteiger partial charge on any atom is 0.336 e. The fourth-order valence-electron chi connectivity index (χ4n) is 6.07. The molecule has 6 rings (SSSR count). The van der Waals surface area contributed by atoms with Crippen molar-refractivity contribution in [3.8, 4) is 0 Å². The molecule has 36 heavy (non-hydrogen) atoms. The second-order valence-electron chi connectivity index (χ2n) is 9.56. The zero-order valence-electron chi connectivity index (χ0n) is 20.6. The number of Topliss-reactive ketones (excluding diaryl/α,β-unsaturated/α-hetero) is 1. The van der Waals surface area contributed by atoms with Crippen molar-refractivity contribution in [1.29, 1.82) is 0 Å². The van der Waals surface area contributed by atoms with E-state index in [1.165, 1.54) is 12.6 Å². The average Bonchev–Trinajstić information content (AvgIpc) is 3.53. The van der Waals surface area contributed by atoms with E-state index in [2.05, 4.69) is 53.2 Å². The molecule has 4 aromatic rings. The smallest absolute Gasteiger partial charge is 0.336 e. The molecule has 182 valence electrons. The SMILES string of the molecule is CCn1c2ccccc2c2cc(C3C(C(=O)OC)=C(C)NC4=C3C(=O)CC(c3ccco3)C4)ccc21. The van der Waals surface area contributed by atoms with Crippen LogP contribution in [0.5, 0.6) is 0 Å². The molecule has 1 aliphatic heterocycles. The van der Waals surface area contributed by atoms with E-state index in [9.17, 15) is 9.59 Å². The summed E-state index contributed by atoms with van der Waals surface area (Å²) in [5.74, 6) is -0.111. The molecule has 2 aromatic carbocycles. The number of dihydropyridines is 1. The number of rotatable bonds is 4. The fourth-order valence-corrected chi connectivity index (χ4v) is 6.07. The van der Waals surface area contributed by atoms with E-state index in [1.54, 1.807) is 6.26 Å². The molecular formula is C30H28N2O4. The van der Waals surface area contributed by atoms with Crippen LogP contribution in [-0.4, -0.2) is 23.4 Å². The van der Waals surface area contributed by atoms with Gasteiger partial charge in [0.1, 0.15) is 5.76 Å². The Balaban J connectivity index is 1.55. The van der Waals surface area contributed by atoms with Gasteiger partial charge in [0.15, 0.2) is 5.78 Å². The van der Waals surface area contributed by atoms with Crippen molar-refractivity contribution >= 4 is 33.6 Å². The summed E-state index contributed by atoms with van der Waals surface area (Å²) in [5.41, 5.74) is 5.95. The van der Waals surface area contributed by atoms with Gasteiger partial charge in [0.25, 0.3) is 0 Å². The summed E-state index contributed by atoms with van der Waals surface area (Å²) in [5, 5.41) is 5.65. The van der Waals surface area contributed by atoms with E-state index in [-0.39, 0.29) is 11.7 Å². The molecule has 3 heterocycles. The molecule has 2 unspecified atom stereocenters. The van der Waals surface area contributed by atoms with Gasteiger partial charge in [-0.1, -0.05) is 24.3 Å². The van der Waals surface area contributed by atoms with Gasteiger partial charge in [-0.25, -0.2) is 4.79 Å². The molecular weight excluding hydrogens is 452 g/mol. The molecule has 0 fully saturated rings. The number of nitrogens with one attached hydrogen (secondary N) is 1. The van der Waals surface area contributed by atoms with Crippen LogP contribution in [0.2, 0.25) is 0 Å². The Kier molecular flexibility index (Phi) is 5.32. The van der Waals surface area contributed by atoms with E-state index in [0.29, 0.717) is 24.0 Å². The van der Waals surface area contributed by atoms with Crippen molar-refractivity contribution in [3.05, 3.63) is 94.7 Å². The Bertz CT molecular complexity index is 1590. The molecule has 0 radical (unpaired) electrons. The van der Waals surface area contributed by atoms with Gasteiger partial charge in [-0.15, -0.1) is 0 Å². The Labute approximate surface area is 209 Å². The summed E-state index contributed by atoms with van der Waals surface area (Å²) >= 11 is 0. The third kappa shape index (κ3) is 3.32. The highest BCUT2D eigenvalue weighted by Crippen LogP contribution is 2.46. The van der Waals surface area contributed by atoms with E-state index in [4.69, 9.17) is 9.15 Å². The summed E-state index contributed by atoms with van der Waals surface area (Å²) in [6.45, 7) is 4.87.